The molecule has 0 spiro atoms. The van der Waals surface area contributed by atoms with Gasteiger partial charge in [0.05, 0.1) is 0 Å². The lowest BCUT2D eigenvalue weighted by molar-refractivity contribution is -0.119. The maximum atomic E-state index is 12.0. The predicted molar refractivity (Wildman–Crippen MR) is 82.8 cm³/mol. The summed E-state index contributed by atoms with van der Waals surface area (Å²) in [7, 11) is 0. The molecule has 0 unspecified atom stereocenters. The van der Waals surface area contributed by atoms with Gasteiger partial charge in [-0.15, -0.1) is 0 Å². The highest BCUT2D eigenvalue weighted by Crippen LogP contribution is 2.17. The molecule has 9 heteroatoms. The first-order valence-electron chi connectivity index (χ1n) is 7.06. The van der Waals surface area contributed by atoms with Gasteiger partial charge in [-0.2, -0.15) is 8.78 Å². The molecular weight excluding hydrogens is 338 g/mol. The van der Waals surface area contributed by atoms with E-state index in [0.717, 1.165) is 0 Å². The van der Waals surface area contributed by atoms with Crippen molar-refractivity contribution < 1.29 is 32.6 Å². The van der Waals surface area contributed by atoms with Crippen molar-refractivity contribution in [2.45, 2.75) is 13.5 Å². The van der Waals surface area contributed by atoms with Crippen LogP contribution in [0.15, 0.2) is 36.5 Å². The fourth-order valence-electron chi connectivity index (χ4n) is 1.84. The van der Waals surface area contributed by atoms with Gasteiger partial charge in [0, 0.05) is 17.4 Å². The van der Waals surface area contributed by atoms with E-state index < -0.39 is 25.1 Å². The highest BCUT2D eigenvalue weighted by atomic mass is 19.3. The number of Topliss-reactive ketones (excluding diaryl/α,β-unsaturated/α-hetero) is 1. The van der Waals surface area contributed by atoms with Crippen molar-refractivity contribution in [3.8, 4) is 5.75 Å². The third kappa shape index (κ3) is 5.41. The minimum absolute atomic E-state index is 0.0477. The Hall–Kier alpha value is -3.23. The fourth-order valence-corrected chi connectivity index (χ4v) is 1.84. The lowest BCUT2D eigenvalue weighted by Crippen LogP contribution is -2.21. The van der Waals surface area contributed by atoms with Gasteiger partial charge in [-0.05, 0) is 37.3 Å². The maximum absolute atomic E-state index is 12.0. The van der Waals surface area contributed by atoms with E-state index >= 15 is 0 Å². The van der Waals surface area contributed by atoms with Crippen LogP contribution >= 0.6 is 0 Å². The molecule has 1 amide bonds. The van der Waals surface area contributed by atoms with Crippen molar-refractivity contribution in [3.63, 3.8) is 0 Å². The molecule has 0 atom stereocenters. The Labute approximate surface area is 140 Å². The molecule has 0 saturated heterocycles. The summed E-state index contributed by atoms with van der Waals surface area (Å²) in [6.45, 7) is -2.14. The van der Waals surface area contributed by atoms with E-state index in [-0.39, 0.29) is 17.2 Å². The van der Waals surface area contributed by atoms with E-state index in [0.29, 0.717) is 11.3 Å². The zero-order chi connectivity index (χ0) is 18.4. The number of anilines is 1. The summed E-state index contributed by atoms with van der Waals surface area (Å²) >= 11 is 0. The quantitative estimate of drug-likeness (QED) is 0.590. The average Bonchev–Trinajstić information content (AvgIpc) is 3.04. The van der Waals surface area contributed by atoms with Gasteiger partial charge in [0.2, 0.25) is 0 Å². The molecule has 25 heavy (non-hydrogen) atoms. The van der Waals surface area contributed by atoms with Gasteiger partial charge in [0.1, 0.15) is 11.4 Å². The average molecular weight is 352 g/mol. The SMILES string of the molecule is CC(=O)c1c[nH]c(C(=O)OCC(=O)Nc2ccc(OC(F)F)cc2)c1. The Balaban J connectivity index is 1.83. The van der Waals surface area contributed by atoms with Crippen molar-refractivity contribution >= 4 is 23.3 Å². The number of aromatic nitrogens is 1. The number of carbonyl (C=O) groups excluding carboxylic acids is 3. The number of esters is 1. The van der Waals surface area contributed by atoms with E-state index in [4.69, 9.17) is 4.74 Å². The third-order valence-corrected chi connectivity index (χ3v) is 3.01. The van der Waals surface area contributed by atoms with E-state index in [1.54, 1.807) is 0 Å². The number of benzene rings is 1. The minimum Gasteiger partial charge on any atom is -0.451 e. The Morgan fingerprint density at radius 2 is 1.88 bits per heavy atom. The van der Waals surface area contributed by atoms with Crippen LogP contribution < -0.4 is 10.1 Å². The van der Waals surface area contributed by atoms with Crippen LogP contribution in [0.25, 0.3) is 0 Å². The molecule has 132 valence electrons. The molecule has 0 bridgehead atoms. The lowest BCUT2D eigenvalue weighted by atomic mass is 10.2. The standard InChI is InChI=1S/C16H14F2N2O5/c1-9(21)10-6-13(19-7-10)15(23)24-8-14(22)20-11-2-4-12(5-3-11)25-16(17)18/h2-7,16,19H,8H2,1H3,(H,20,22). The molecule has 2 aromatic rings. The molecule has 0 saturated carbocycles. The number of H-pyrrole nitrogens is 1. The monoisotopic (exact) mass is 352 g/mol. The number of carbonyl (C=O) groups is 3. The van der Waals surface area contributed by atoms with E-state index in [2.05, 4.69) is 15.0 Å². The summed E-state index contributed by atoms with van der Waals surface area (Å²) < 4.78 is 33.1. The van der Waals surface area contributed by atoms with Gasteiger partial charge in [-0.1, -0.05) is 0 Å². The number of amides is 1. The van der Waals surface area contributed by atoms with Crippen LogP contribution in [0.1, 0.15) is 27.8 Å². The second-order valence-corrected chi connectivity index (χ2v) is 4.89. The summed E-state index contributed by atoms with van der Waals surface area (Å²) in [5, 5.41) is 2.43. The lowest BCUT2D eigenvalue weighted by Gasteiger charge is -2.08. The number of hydrogen-bond donors (Lipinski definition) is 2. The molecule has 0 radical (unpaired) electrons. The number of ketones is 1. The molecule has 1 aromatic carbocycles. The zero-order valence-corrected chi connectivity index (χ0v) is 13.0. The number of ether oxygens (including phenoxy) is 2. The van der Waals surface area contributed by atoms with Crippen molar-refractivity contribution in [1.82, 2.24) is 4.98 Å². The molecule has 0 aliphatic carbocycles. The molecule has 1 heterocycles. The summed E-state index contributed by atoms with van der Waals surface area (Å²) in [4.78, 5) is 37.2. The van der Waals surface area contributed by atoms with Crippen LogP contribution in [-0.2, 0) is 9.53 Å². The highest BCUT2D eigenvalue weighted by molar-refractivity contribution is 5.98. The Bertz CT molecular complexity index is 771. The van der Waals surface area contributed by atoms with E-state index in [9.17, 15) is 23.2 Å². The molecule has 0 aliphatic heterocycles. The first-order chi connectivity index (χ1) is 11.8. The van der Waals surface area contributed by atoms with Gasteiger partial charge in [0.25, 0.3) is 5.91 Å². The fraction of sp³-hybridized carbons (Fsp3) is 0.188. The van der Waals surface area contributed by atoms with Gasteiger partial charge >= 0.3 is 12.6 Å². The third-order valence-electron chi connectivity index (χ3n) is 3.01. The number of alkyl halides is 2. The highest BCUT2D eigenvalue weighted by Gasteiger charge is 2.14. The minimum atomic E-state index is -2.93. The molecule has 2 N–H and O–H groups in total. The Morgan fingerprint density at radius 1 is 1.20 bits per heavy atom. The second kappa shape index (κ2) is 8.04. The summed E-state index contributed by atoms with van der Waals surface area (Å²) in [6, 6.07) is 6.57. The second-order valence-electron chi connectivity index (χ2n) is 4.89. The molecule has 0 fully saturated rings. The number of halogens is 2. The largest absolute Gasteiger partial charge is 0.451 e. The smallest absolute Gasteiger partial charge is 0.387 e. The van der Waals surface area contributed by atoms with Crippen LogP contribution in [-0.4, -0.2) is 35.9 Å². The van der Waals surface area contributed by atoms with Crippen LogP contribution in [0.5, 0.6) is 5.75 Å². The Morgan fingerprint density at radius 3 is 2.44 bits per heavy atom. The topological polar surface area (TPSA) is 97.5 Å². The number of aromatic amines is 1. The predicted octanol–water partition coefficient (Wildman–Crippen LogP) is 2.61. The zero-order valence-electron chi connectivity index (χ0n) is 13.0. The van der Waals surface area contributed by atoms with E-state index in [1.807, 2.05) is 0 Å². The van der Waals surface area contributed by atoms with Gasteiger partial charge in [-0.25, -0.2) is 4.79 Å². The molecule has 7 nitrogen and oxygen atoms in total. The number of rotatable bonds is 7. The molecular formula is C16H14F2N2O5. The van der Waals surface area contributed by atoms with Crippen molar-refractivity contribution in [2.24, 2.45) is 0 Å². The maximum Gasteiger partial charge on any atom is 0.387 e. The van der Waals surface area contributed by atoms with Crippen LogP contribution in [0.2, 0.25) is 0 Å². The summed E-state index contributed by atoms with van der Waals surface area (Å²) in [6.07, 6.45) is 1.36. The van der Waals surface area contributed by atoms with Gasteiger partial charge < -0.3 is 19.8 Å². The first-order valence-corrected chi connectivity index (χ1v) is 7.06. The van der Waals surface area contributed by atoms with Crippen molar-refractivity contribution in [3.05, 3.63) is 47.8 Å². The van der Waals surface area contributed by atoms with Crippen LogP contribution in [0, 0.1) is 0 Å². The van der Waals surface area contributed by atoms with Crippen molar-refractivity contribution in [1.29, 1.82) is 0 Å². The van der Waals surface area contributed by atoms with Gasteiger partial charge in [-0.3, -0.25) is 9.59 Å². The Kier molecular flexibility index (Phi) is 5.83. The van der Waals surface area contributed by atoms with Crippen LogP contribution in [0.3, 0.4) is 0 Å². The van der Waals surface area contributed by atoms with Crippen molar-refractivity contribution in [2.75, 3.05) is 11.9 Å². The van der Waals surface area contributed by atoms with Gasteiger partial charge in [0.15, 0.2) is 12.4 Å². The van der Waals surface area contributed by atoms with E-state index in [1.165, 1.54) is 43.5 Å². The first kappa shape index (κ1) is 18.1. The summed E-state index contributed by atoms with van der Waals surface area (Å²) in [5.74, 6) is -1.67. The molecule has 2 rings (SSSR count). The number of nitrogens with one attached hydrogen (secondary N) is 2. The summed E-state index contributed by atoms with van der Waals surface area (Å²) in [5.41, 5.74) is 0.690. The normalized spacial score (nSPS) is 10.4. The molecule has 0 aliphatic rings. The van der Waals surface area contributed by atoms with Crippen LogP contribution in [0.4, 0.5) is 14.5 Å². The number of hydrogen-bond acceptors (Lipinski definition) is 5. The molecule has 1 aromatic heterocycles.